The number of fused-ring (bicyclic) bond motifs is 1. The molecule has 0 saturated heterocycles. The number of nitrogens with one attached hydrogen (secondary N) is 3. The van der Waals surface area contributed by atoms with E-state index in [1.54, 1.807) is 49.4 Å². The van der Waals surface area contributed by atoms with Gasteiger partial charge in [-0.05, 0) is 42.8 Å². The summed E-state index contributed by atoms with van der Waals surface area (Å²) in [6, 6.07) is 12.6. The summed E-state index contributed by atoms with van der Waals surface area (Å²) in [6.07, 6.45) is 2.51. The number of amides is 2. The number of hydrogen-bond acceptors (Lipinski definition) is 5. The molecule has 1 atom stereocenters. The number of hydrogen-bond donors (Lipinski definition) is 3. The zero-order valence-electron chi connectivity index (χ0n) is 17.5. The van der Waals surface area contributed by atoms with E-state index in [1.807, 2.05) is 6.92 Å². The maximum atomic E-state index is 12.9. The number of sulfonamides is 1. The number of aliphatic imine (C=N–C) groups is 1. The van der Waals surface area contributed by atoms with E-state index in [9.17, 15) is 18.0 Å². The van der Waals surface area contributed by atoms with Crippen LogP contribution in [0.25, 0.3) is 0 Å². The van der Waals surface area contributed by atoms with Gasteiger partial charge in [-0.2, -0.15) is 0 Å². The van der Waals surface area contributed by atoms with Crippen molar-refractivity contribution < 1.29 is 18.0 Å². The van der Waals surface area contributed by atoms with E-state index in [0.717, 1.165) is 12.8 Å². The Labute approximate surface area is 182 Å². The van der Waals surface area contributed by atoms with Crippen molar-refractivity contribution >= 4 is 39.0 Å². The van der Waals surface area contributed by atoms with Gasteiger partial charge in [-0.25, -0.2) is 8.42 Å². The number of amidine groups is 1. The molecule has 164 valence electrons. The molecule has 0 fully saturated rings. The lowest BCUT2D eigenvalue weighted by molar-refractivity contribution is -0.117. The lowest BCUT2D eigenvalue weighted by Gasteiger charge is -2.14. The molecule has 3 rings (SSSR count). The summed E-state index contributed by atoms with van der Waals surface area (Å²) in [7, 11) is -3.67. The van der Waals surface area contributed by atoms with E-state index in [0.29, 0.717) is 29.8 Å². The summed E-state index contributed by atoms with van der Waals surface area (Å²) >= 11 is 0. The van der Waals surface area contributed by atoms with Crippen molar-refractivity contribution in [3.05, 3.63) is 54.1 Å². The number of nitrogens with zero attached hydrogens (tertiary/aromatic N) is 1. The molecule has 3 N–H and O–H groups in total. The largest absolute Gasteiger partial charge is 0.326 e. The van der Waals surface area contributed by atoms with Gasteiger partial charge in [0, 0.05) is 23.4 Å². The van der Waals surface area contributed by atoms with E-state index in [-0.39, 0.29) is 22.5 Å². The molecular weight excluding hydrogens is 416 g/mol. The molecule has 31 heavy (non-hydrogen) atoms. The summed E-state index contributed by atoms with van der Waals surface area (Å²) in [5, 5.41) is 5.58. The topological polar surface area (TPSA) is 117 Å². The summed E-state index contributed by atoms with van der Waals surface area (Å²) in [6.45, 7) is 3.78. The first kappa shape index (κ1) is 22.5. The molecule has 0 radical (unpaired) electrons. The number of unbranched alkanes of at least 4 members (excludes halogenated alkanes) is 1. The molecule has 2 amide bonds. The summed E-state index contributed by atoms with van der Waals surface area (Å²) in [5.74, 6) is -0.231. The minimum absolute atomic E-state index is 0.0912. The van der Waals surface area contributed by atoms with Crippen molar-refractivity contribution in [2.24, 2.45) is 4.99 Å². The smallest absolute Gasteiger partial charge is 0.263 e. The Hall–Kier alpha value is -3.20. The molecule has 0 saturated carbocycles. The van der Waals surface area contributed by atoms with Crippen molar-refractivity contribution in [1.82, 2.24) is 4.72 Å². The Bertz CT molecular complexity index is 1090. The predicted molar refractivity (Wildman–Crippen MR) is 121 cm³/mol. The molecule has 1 heterocycles. The van der Waals surface area contributed by atoms with E-state index >= 15 is 0 Å². The Morgan fingerprint density at radius 2 is 1.65 bits per heavy atom. The van der Waals surface area contributed by atoms with Gasteiger partial charge in [0.05, 0.1) is 4.90 Å². The van der Waals surface area contributed by atoms with Crippen LogP contribution in [-0.4, -0.2) is 32.1 Å². The third kappa shape index (κ3) is 5.49. The number of carbonyl (C=O) groups excluding carboxylic acids is 2. The molecule has 0 bridgehead atoms. The van der Waals surface area contributed by atoms with Crippen LogP contribution >= 0.6 is 0 Å². The van der Waals surface area contributed by atoms with Gasteiger partial charge in [0.25, 0.3) is 10.0 Å². The highest BCUT2D eigenvalue weighted by Gasteiger charge is 2.31. The highest BCUT2D eigenvalue weighted by Crippen LogP contribution is 2.23. The number of rotatable bonds is 8. The monoisotopic (exact) mass is 442 g/mol. The second kappa shape index (κ2) is 9.74. The van der Waals surface area contributed by atoms with Gasteiger partial charge >= 0.3 is 0 Å². The van der Waals surface area contributed by atoms with Crippen molar-refractivity contribution in [3.63, 3.8) is 0 Å². The normalized spacial score (nSPS) is 16.3. The third-order valence-electron chi connectivity index (χ3n) is 4.84. The highest BCUT2D eigenvalue weighted by molar-refractivity contribution is 7.90. The van der Waals surface area contributed by atoms with Crippen molar-refractivity contribution in [2.45, 2.75) is 50.5 Å². The van der Waals surface area contributed by atoms with Crippen LogP contribution in [0.4, 0.5) is 11.4 Å². The molecule has 0 spiro atoms. The fraction of sp³-hybridized carbons (Fsp3) is 0.318. The summed E-state index contributed by atoms with van der Waals surface area (Å²) in [4.78, 5) is 29.0. The summed E-state index contributed by atoms with van der Waals surface area (Å²) < 4.78 is 27.1. The number of benzene rings is 2. The van der Waals surface area contributed by atoms with Crippen LogP contribution in [0, 0.1) is 0 Å². The molecule has 8 nitrogen and oxygen atoms in total. The van der Waals surface area contributed by atoms with Crippen LogP contribution in [0.2, 0.25) is 0 Å². The molecule has 0 aliphatic carbocycles. The number of carbonyl (C=O) groups is 2. The highest BCUT2D eigenvalue weighted by atomic mass is 32.2. The second-order valence-corrected chi connectivity index (χ2v) is 8.86. The van der Waals surface area contributed by atoms with Crippen LogP contribution in [0.3, 0.4) is 0 Å². The SMILES string of the molecule is CCCCC(N=C1NS(=O)(=O)c2ccccc21)C(=O)Nc1ccc(NC(=O)CC)cc1. The van der Waals surface area contributed by atoms with Crippen LogP contribution < -0.4 is 15.4 Å². The minimum Gasteiger partial charge on any atom is -0.326 e. The molecule has 0 aromatic heterocycles. The Balaban J connectivity index is 1.79. The molecule has 1 aliphatic heterocycles. The van der Waals surface area contributed by atoms with E-state index in [2.05, 4.69) is 20.3 Å². The van der Waals surface area contributed by atoms with Gasteiger partial charge in [0.15, 0.2) is 0 Å². The average Bonchev–Trinajstić information content (AvgIpc) is 3.02. The van der Waals surface area contributed by atoms with Gasteiger partial charge in [-0.15, -0.1) is 0 Å². The minimum atomic E-state index is -3.67. The fourth-order valence-corrected chi connectivity index (χ4v) is 4.39. The standard InChI is InChI=1S/C22H26N4O4S/c1-3-5-9-18(25-21-17-8-6-7-10-19(17)31(29,30)26-21)22(28)24-16-13-11-15(12-14-16)23-20(27)4-2/h6-8,10-14,18H,3-5,9H2,1-2H3,(H,23,27)(H,24,28)(H,25,26). The van der Waals surface area contributed by atoms with Crippen molar-refractivity contribution in [1.29, 1.82) is 0 Å². The maximum absolute atomic E-state index is 12.9. The predicted octanol–water partition coefficient (Wildman–Crippen LogP) is 3.27. The van der Waals surface area contributed by atoms with Crippen molar-refractivity contribution in [2.75, 3.05) is 10.6 Å². The Morgan fingerprint density at radius 3 is 2.29 bits per heavy atom. The van der Waals surface area contributed by atoms with Gasteiger partial charge < -0.3 is 10.6 Å². The van der Waals surface area contributed by atoms with Gasteiger partial charge in [0.1, 0.15) is 11.9 Å². The zero-order chi connectivity index (χ0) is 22.4. The molecule has 2 aromatic rings. The first-order valence-corrected chi connectivity index (χ1v) is 11.7. The summed E-state index contributed by atoms with van der Waals surface area (Å²) in [5.41, 5.74) is 1.67. The van der Waals surface area contributed by atoms with E-state index < -0.39 is 16.1 Å². The van der Waals surface area contributed by atoms with E-state index in [4.69, 9.17) is 0 Å². The molecule has 2 aromatic carbocycles. The Morgan fingerprint density at radius 1 is 1.00 bits per heavy atom. The van der Waals surface area contributed by atoms with Crippen molar-refractivity contribution in [3.8, 4) is 0 Å². The molecule has 1 aliphatic rings. The lowest BCUT2D eigenvalue weighted by atomic mass is 10.1. The molecule has 9 heteroatoms. The van der Waals surface area contributed by atoms with Crippen LogP contribution in [0.1, 0.15) is 45.1 Å². The first-order chi connectivity index (χ1) is 14.8. The van der Waals surface area contributed by atoms with Crippen LogP contribution in [0.15, 0.2) is 58.4 Å². The second-order valence-electron chi connectivity index (χ2n) is 7.21. The lowest BCUT2D eigenvalue weighted by Crippen LogP contribution is -2.30. The van der Waals surface area contributed by atoms with Gasteiger partial charge in [-0.3, -0.25) is 19.3 Å². The van der Waals surface area contributed by atoms with Gasteiger partial charge in [-0.1, -0.05) is 38.8 Å². The number of anilines is 2. The Kier molecular flexibility index (Phi) is 7.06. The molecular formula is C22H26N4O4S. The third-order valence-corrected chi connectivity index (χ3v) is 6.24. The van der Waals surface area contributed by atoms with Gasteiger partial charge in [0.2, 0.25) is 11.8 Å². The quantitative estimate of drug-likeness (QED) is 0.582. The maximum Gasteiger partial charge on any atom is 0.263 e. The average molecular weight is 443 g/mol. The fourth-order valence-electron chi connectivity index (χ4n) is 3.15. The first-order valence-electron chi connectivity index (χ1n) is 10.2. The zero-order valence-corrected chi connectivity index (χ0v) is 18.3. The molecule has 1 unspecified atom stereocenters. The van der Waals surface area contributed by atoms with E-state index in [1.165, 1.54) is 6.07 Å². The van der Waals surface area contributed by atoms with Crippen LogP contribution in [-0.2, 0) is 19.6 Å². The van der Waals surface area contributed by atoms with Crippen LogP contribution in [0.5, 0.6) is 0 Å².